The summed E-state index contributed by atoms with van der Waals surface area (Å²) in [5.74, 6) is -0.798. The number of halogens is 1. The molecule has 0 spiro atoms. The fourth-order valence-corrected chi connectivity index (χ4v) is 1.86. The van der Waals surface area contributed by atoms with Gasteiger partial charge in [-0.1, -0.05) is 15.9 Å². The first-order valence-corrected chi connectivity index (χ1v) is 6.26. The topological polar surface area (TPSA) is 82.2 Å². The van der Waals surface area contributed by atoms with Crippen molar-refractivity contribution >= 4 is 33.4 Å². The highest BCUT2D eigenvalue weighted by atomic mass is 79.9. The Hall–Kier alpha value is -2.08. The third-order valence-electron chi connectivity index (χ3n) is 2.53. The molecule has 0 unspecified atom stereocenters. The van der Waals surface area contributed by atoms with E-state index in [9.17, 15) is 9.59 Å². The number of benzene rings is 1. The Morgan fingerprint density at radius 1 is 1.32 bits per heavy atom. The van der Waals surface area contributed by atoms with E-state index in [1.54, 1.807) is 0 Å². The van der Waals surface area contributed by atoms with E-state index in [1.807, 2.05) is 25.1 Å². The van der Waals surface area contributed by atoms with Crippen LogP contribution in [0, 0.1) is 6.92 Å². The average Bonchev–Trinajstić information content (AvgIpc) is 2.33. The molecule has 1 aromatic carbocycles. The van der Waals surface area contributed by atoms with Gasteiger partial charge < -0.3 is 15.4 Å². The van der Waals surface area contributed by atoms with Crippen LogP contribution < -0.4 is 10.9 Å². The third-order valence-corrected chi connectivity index (χ3v) is 3.42. The van der Waals surface area contributed by atoms with Crippen LogP contribution in [-0.2, 0) is 0 Å². The van der Waals surface area contributed by atoms with Gasteiger partial charge in [-0.15, -0.1) is 0 Å². The number of carboxylic acids is 1. The summed E-state index contributed by atoms with van der Waals surface area (Å²) >= 11 is 3.39. The number of rotatable bonds is 3. The minimum Gasteiger partial charge on any atom is -0.478 e. The molecule has 0 aliphatic carbocycles. The highest BCUT2D eigenvalue weighted by molar-refractivity contribution is 9.10. The number of anilines is 2. The van der Waals surface area contributed by atoms with Crippen LogP contribution >= 0.6 is 15.9 Å². The van der Waals surface area contributed by atoms with Crippen LogP contribution in [0.5, 0.6) is 0 Å². The summed E-state index contributed by atoms with van der Waals surface area (Å²) in [4.78, 5) is 24.8. The molecule has 1 aromatic heterocycles. The van der Waals surface area contributed by atoms with Crippen molar-refractivity contribution in [3.05, 3.63) is 56.3 Å². The van der Waals surface area contributed by atoms with E-state index in [1.165, 1.54) is 6.07 Å². The predicted molar refractivity (Wildman–Crippen MR) is 76.2 cm³/mol. The lowest BCUT2D eigenvalue weighted by Gasteiger charge is -2.08. The highest BCUT2D eigenvalue weighted by Gasteiger charge is 2.06. The Labute approximate surface area is 117 Å². The molecular weight excluding hydrogens is 312 g/mol. The smallest absolute Gasteiger partial charge is 0.336 e. The van der Waals surface area contributed by atoms with Crippen molar-refractivity contribution < 1.29 is 9.90 Å². The number of aromatic nitrogens is 1. The lowest BCUT2D eigenvalue weighted by Crippen LogP contribution is -2.11. The molecule has 19 heavy (non-hydrogen) atoms. The second kappa shape index (κ2) is 5.27. The summed E-state index contributed by atoms with van der Waals surface area (Å²) < 4.78 is 0.978. The van der Waals surface area contributed by atoms with Gasteiger partial charge in [0, 0.05) is 16.2 Å². The standard InChI is InChI=1S/C13H11BrN2O3/c1-7-4-9(2-3-10(7)14)15-11-5-8(13(18)19)6-12(17)16-11/h2-6H,1H3,(H,18,19)(H2,15,16,17). The van der Waals surface area contributed by atoms with Gasteiger partial charge in [0.1, 0.15) is 5.82 Å². The van der Waals surface area contributed by atoms with E-state index in [4.69, 9.17) is 5.11 Å². The van der Waals surface area contributed by atoms with E-state index in [0.717, 1.165) is 21.8 Å². The third kappa shape index (κ3) is 3.23. The maximum Gasteiger partial charge on any atom is 0.336 e. The Kier molecular flexibility index (Phi) is 3.71. The molecule has 0 saturated carbocycles. The van der Waals surface area contributed by atoms with Crippen molar-refractivity contribution in [1.82, 2.24) is 4.98 Å². The Morgan fingerprint density at radius 3 is 2.68 bits per heavy atom. The van der Waals surface area contributed by atoms with E-state index < -0.39 is 11.5 Å². The molecular formula is C13H11BrN2O3. The SMILES string of the molecule is Cc1cc(Nc2cc(C(=O)O)cc(=O)[nH]2)ccc1Br. The molecule has 0 saturated heterocycles. The molecule has 2 rings (SSSR count). The van der Waals surface area contributed by atoms with Crippen molar-refractivity contribution in [2.45, 2.75) is 6.92 Å². The van der Waals surface area contributed by atoms with Gasteiger partial charge in [0.05, 0.1) is 5.56 Å². The van der Waals surface area contributed by atoms with Gasteiger partial charge in [0.2, 0.25) is 5.56 Å². The summed E-state index contributed by atoms with van der Waals surface area (Å²) in [5.41, 5.74) is 1.27. The molecule has 0 aliphatic heterocycles. The van der Waals surface area contributed by atoms with E-state index >= 15 is 0 Å². The molecule has 0 bridgehead atoms. The van der Waals surface area contributed by atoms with Gasteiger partial charge in [-0.2, -0.15) is 0 Å². The molecule has 0 aliphatic rings. The van der Waals surface area contributed by atoms with Gasteiger partial charge in [0.15, 0.2) is 0 Å². The molecule has 0 fully saturated rings. The van der Waals surface area contributed by atoms with Crippen LogP contribution in [0.1, 0.15) is 15.9 Å². The van der Waals surface area contributed by atoms with Gasteiger partial charge in [-0.25, -0.2) is 4.79 Å². The summed E-state index contributed by atoms with van der Waals surface area (Å²) in [5, 5.41) is 11.9. The van der Waals surface area contributed by atoms with E-state index in [-0.39, 0.29) is 5.56 Å². The largest absolute Gasteiger partial charge is 0.478 e. The maximum absolute atomic E-state index is 11.4. The zero-order valence-electron chi connectivity index (χ0n) is 10.0. The van der Waals surface area contributed by atoms with Gasteiger partial charge in [-0.3, -0.25) is 4.79 Å². The van der Waals surface area contributed by atoms with Crippen molar-refractivity contribution in [3.63, 3.8) is 0 Å². The average molecular weight is 323 g/mol. The Morgan fingerprint density at radius 2 is 2.05 bits per heavy atom. The molecule has 0 atom stereocenters. The molecule has 5 nitrogen and oxygen atoms in total. The first-order chi connectivity index (χ1) is 8.95. The van der Waals surface area contributed by atoms with Crippen LogP contribution in [0.2, 0.25) is 0 Å². The fourth-order valence-electron chi connectivity index (χ4n) is 1.61. The number of hydrogen-bond acceptors (Lipinski definition) is 3. The monoisotopic (exact) mass is 322 g/mol. The predicted octanol–water partition coefficient (Wildman–Crippen LogP) is 2.89. The van der Waals surface area contributed by atoms with Crippen molar-refractivity contribution in [2.24, 2.45) is 0 Å². The van der Waals surface area contributed by atoms with Gasteiger partial charge in [-0.05, 0) is 36.8 Å². The normalized spacial score (nSPS) is 10.2. The van der Waals surface area contributed by atoms with Crippen molar-refractivity contribution in [1.29, 1.82) is 0 Å². The molecule has 2 aromatic rings. The summed E-state index contributed by atoms with van der Waals surface area (Å²) in [7, 11) is 0. The highest BCUT2D eigenvalue weighted by Crippen LogP contribution is 2.22. The molecule has 98 valence electrons. The van der Waals surface area contributed by atoms with Crippen LogP contribution in [0.4, 0.5) is 11.5 Å². The van der Waals surface area contributed by atoms with Crippen molar-refractivity contribution in [2.75, 3.05) is 5.32 Å². The number of hydrogen-bond donors (Lipinski definition) is 3. The number of aromatic amines is 1. The molecule has 0 amide bonds. The number of carbonyl (C=O) groups is 1. The first-order valence-electron chi connectivity index (χ1n) is 5.46. The summed E-state index contributed by atoms with van der Waals surface area (Å²) in [6.45, 7) is 1.94. The van der Waals surface area contributed by atoms with Crippen LogP contribution in [0.25, 0.3) is 0 Å². The van der Waals surface area contributed by atoms with Gasteiger partial charge >= 0.3 is 5.97 Å². The maximum atomic E-state index is 11.4. The number of H-pyrrole nitrogens is 1. The number of nitrogens with one attached hydrogen (secondary N) is 2. The zero-order chi connectivity index (χ0) is 14.0. The number of pyridine rings is 1. The second-order valence-corrected chi connectivity index (χ2v) is 4.90. The molecule has 6 heteroatoms. The number of aromatic carboxylic acids is 1. The van der Waals surface area contributed by atoms with Gasteiger partial charge in [0.25, 0.3) is 0 Å². The lowest BCUT2D eigenvalue weighted by atomic mass is 10.2. The first kappa shape index (κ1) is 13.4. The summed E-state index contributed by atoms with van der Waals surface area (Å²) in [6.07, 6.45) is 0. The minimum absolute atomic E-state index is 0.0555. The molecule has 0 radical (unpaired) electrons. The Bertz CT molecular complexity index is 695. The van der Waals surface area contributed by atoms with Crippen LogP contribution in [0.15, 0.2) is 39.6 Å². The number of carboxylic acid groups (broad SMARTS) is 1. The van der Waals surface area contributed by atoms with Crippen LogP contribution in [-0.4, -0.2) is 16.1 Å². The molecule has 1 heterocycles. The number of aryl methyl sites for hydroxylation is 1. The fraction of sp³-hybridized carbons (Fsp3) is 0.0769. The Balaban J connectivity index is 2.35. The second-order valence-electron chi connectivity index (χ2n) is 4.04. The van der Waals surface area contributed by atoms with Crippen LogP contribution in [0.3, 0.4) is 0 Å². The quantitative estimate of drug-likeness (QED) is 0.811. The minimum atomic E-state index is -1.14. The van der Waals surface area contributed by atoms with Crippen molar-refractivity contribution in [3.8, 4) is 0 Å². The summed E-state index contributed by atoms with van der Waals surface area (Å²) in [6, 6.07) is 8.00. The molecule has 3 N–H and O–H groups in total. The van der Waals surface area contributed by atoms with E-state index in [2.05, 4.69) is 26.2 Å². The van der Waals surface area contributed by atoms with E-state index in [0.29, 0.717) is 5.82 Å². The zero-order valence-corrected chi connectivity index (χ0v) is 11.6. The lowest BCUT2D eigenvalue weighted by molar-refractivity contribution is 0.0696.